The second-order valence-corrected chi connectivity index (χ2v) is 3.40. The average Bonchev–Trinajstić information content (AvgIpc) is 2.30. The van der Waals surface area contributed by atoms with Crippen molar-refractivity contribution in [3.8, 4) is 11.8 Å². The van der Waals surface area contributed by atoms with E-state index in [2.05, 4.69) is 37.0 Å². The van der Waals surface area contributed by atoms with E-state index in [1.165, 1.54) is 5.56 Å². The van der Waals surface area contributed by atoms with Crippen molar-refractivity contribution in [2.24, 2.45) is 0 Å². The van der Waals surface area contributed by atoms with Gasteiger partial charge in [-0.2, -0.15) is 30.3 Å². The van der Waals surface area contributed by atoms with Crippen LogP contribution in [-0.4, -0.2) is 0 Å². The Bertz CT molecular complexity index is 487. The second kappa shape index (κ2) is 8.23. The standard InChI is InChI=1S/C15H11.CH3.Y/c1-13-7-9-15(10-8-13)12-11-14-5-3-2-4-6-14;;/h3-10H,1H3;1H3;/q2*-1;. The summed E-state index contributed by atoms with van der Waals surface area (Å²) in [5.41, 5.74) is 3.33. The minimum absolute atomic E-state index is 0. The molecule has 1 radical (unpaired) electrons. The van der Waals surface area contributed by atoms with Crippen molar-refractivity contribution in [2.45, 2.75) is 6.92 Å². The van der Waals surface area contributed by atoms with Gasteiger partial charge in [0, 0.05) is 38.3 Å². The average molecular weight is 295 g/mol. The van der Waals surface area contributed by atoms with Crippen LogP contribution in [0.5, 0.6) is 0 Å². The van der Waals surface area contributed by atoms with Gasteiger partial charge in [0.25, 0.3) is 0 Å². The van der Waals surface area contributed by atoms with E-state index in [9.17, 15) is 0 Å². The van der Waals surface area contributed by atoms with Gasteiger partial charge in [0.1, 0.15) is 0 Å². The zero-order valence-electron chi connectivity index (χ0n) is 10.2. The van der Waals surface area contributed by atoms with Crippen LogP contribution in [-0.2, 0) is 32.7 Å². The number of hydrogen-bond donors (Lipinski definition) is 0. The van der Waals surface area contributed by atoms with Gasteiger partial charge in [-0.1, -0.05) is 35.1 Å². The predicted molar refractivity (Wildman–Crippen MR) is 68.9 cm³/mol. The predicted octanol–water partition coefficient (Wildman–Crippen LogP) is 3.64. The molecule has 0 bridgehead atoms. The van der Waals surface area contributed by atoms with Gasteiger partial charge in [0.2, 0.25) is 0 Å². The zero-order valence-corrected chi connectivity index (χ0v) is 13.0. The van der Waals surface area contributed by atoms with Crippen LogP contribution in [0.4, 0.5) is 0 Å². The maximum atomic E-state index is 3.12. The first-order valence-corrected chi connectivity index (χ1v) is 4.89. The van der Waals surface area contributed by atoms with Gasteiger partial charge in [0.15, 0.2) is 0 Å². The van der Waals surface area contributed by atoms with E-state index in [0.717, 1.165) is 11.1 Å². The van der Waals surface area contributed by atoms with Crippen LogP contribution >= 0.6 is 0 Å². The third-order valence-electron chi connectivity index (χ3n) is 2.12. The minimum Gasteiger partial charge on any atom is -0.358 e. The molecule has 0 saturated carbocycles. The molecule has 0 aliphatic heterocycles. The molecule has 0 amide bonds. The van der Waals surface area contributed by atoms with Crippen molar-refractivity contribution < 1.29 is 32.7 Å². The molecule has 0 unspecified atom stereocenters. The van der Waals surface area contributed by atoms with Gasteiger partial charge in [0.05, 0.1) is 0 Å². The quantitative estimate of drug-likeness (QED) is 0.514. The molecule has 0 aliphatic rings. The summed E-state index contributed by atoms with van der Waals surface area (Å²) in [7, 11) is 0. The van der Waals surface area contributed by atoms with Crippen molar-refractivity contribution in [1.29, 1.82) is 0 Å². The summed E-state index contributed by atoms with van der Waals surface area (Å²) in [6.45, 7) is 2.07. The molecule has 83 valence electrons. The van der Waals surface area contributed by atoms with Crippen LogP contribution in [0.25, 0.3) is 0 Å². The first kappa shape index (κ1) is 16.1. The molecular formula is C16H14Y-2. The molecule has 2 aromatic carbocycles. The molecule has 17 heavy (non-hydrogen) atoms. The van der Waals surface area contributed by atoms with E-state index in [-0.39, 0.29) is 40.1 Å². The molecule has 0 aliphatic carbocycles. The van der Waals surface area contributed by atoms with E-state index in [0.29, 0.717) is 0 Å². The zero-order chi connectivity index (χ0) is 10.5. The summed E-state index contributed by atoms with van der Waals surface area (Å²) in [6.07, 6.45) is 0. The molecular weight excluding hydrogens is 281 g/mol. The maximum absolute atomic E-state index is 3.12. The molecule has 0 atom stereocenters. The van der Waals surface area contributed by atoms with Gasteiger partial charge >= 0.3 is 0 Å². The fourth-order valence-corrected chi connectivity index (χ4v) is 1.25. The number of hydrogen-bond acceptors (Lipinski definition) is 0. The maximum Gasteiger partial charge on any atom is 0.0248 e. The number of rotatable bonds is 0. The van der Waals surface area contributed by atoms with Crippen molar-refractivity contribution in [2.75, 3.05) is 0 Å². The van der Waals surface area contributed by atoms with Crippen LogP contribution in [0.15, 0.2) is 48.5 Å². The van der Waals surface area contributed by atoms with E-state index < -0.39 is 0 Å². The Morgan fingerprint density at radius 2 is 1.29 bits per heavy atom. The largest absolute Gasteiger partial charge is 0.358 e. The molecule has 0 saturated heterocycles. The Kier molecular flexibility index (Phi) is 7.80. The van der Waals surface area contributed by atoms with Gasteiger partial charge in [-0.05, 0) is 19.1 Å². The fourth-order valence-electron chi connectivity index (χ4n) is 1.25. The molecule has 2 rings (SSSR count). The Labute approximate surface area is 129 Å². The molecule has 0 aromatic heterocycles. The van der Waals surface area contributed by atoms with E-state index in [4.69, 9.17) is 0 Å². The van der Waals surface area contributed by atoms with Gasteiger partial charge in [-0.15, -0.1) is 0 Å². The fraction of sp³-hybridized carbons (Fsp3) is 0.0625. The van der Waals surface area contributed by atoms with Crippen LogP contribution in [0.1, 0.15) is 16.7 Å². The Morgan fingerprint density at radius 1 is 0.824 bits per heavy atom. The van der Waals surface area contributed by atoms with Gasteiger partial charge in [-0.25, -0.2) is 0 Å². The molecule has 0 N–H and O–H groups in total. The topological polar surface area (TPSA) is 0 Å². The van der Waals surface area contributed by atoms with Gasteiger partial charge in [-0.3, -0.25) is 0 Å². The van der Waals surface area contributed by atoms with E-state index in [1.807, 2.05) is 36.4 Å². The van der Waals surface area contributed by atoms with Crippen LogP contribution in [0.2, 0.25) is 0 Å². The summed E-state index contributed by atoms with van der Waals surface area (Å²) in [5.74, 6) is 6.23. The SMILES string of the molecule is Cc1ccc(C#Cc2cc[c-]cc2)cc1.[CH3-].[Y]. The van der Waals surface area contributed by atoms with Crippen molar-refractivity contribution in [3.05, 3.63) is 78.7 Å². The molecule has 0 heterocycles. The molecule has 0 spiro atoms. The Hall–Kier alpha value is -0.896. The van der Waals surface area contributed by atoms with Gasteiger partial charge < -0.3 is 7.43 Å². The van der Waals surface area contributed by atoms with Crippen molar-refractivity contribution in [3.63, 3.8) is 0 Å². The third kappa shape index (κ3) is 5.31. The van der Waals surface area contributed by atoms with E-state index in [1.54, 1.807) is 0 Å². The summed E-state index contributed by atoms with van der Waals surface area (Å²) in [4.78, 5) is 0. The van der Waals surface area contributed by atoms with E-state index >= 15 is 0 Å². The second-order valence-electron chi connectivity index (χ2n) is 3.40. The first-order chi connectivity index (χ1) is 7.34. The minimum atomic E-state index is 0. The molecule has 1 heteroatoms. The van der Waals surface area contributed by atoms with Crippen LogP contribution in [0.3, 0.4) is 0 Å². The molecule has 2 aromatic rings. The number of aryl methyl sites for hydroxylation is 1. The number of benzene rings is 2. The van der Waals surface area contributed by atoms with Crippen LogP contribution in [0, 0.1) is 32.3 Å². The Balaban J connectivity index is 0.00000128. The summed E-state index contributed by atoms with van der Waals surface area (Å²) < 4.78 is 0. The third-order valence-corrected chi connectivity index (χ3v) is 2.12. The first-order valence-electron chi connectivity index (χ1n) is 4.89. The Morgan fingerprint density at radius 3 is 1.82 bits per heavy atom. The van der Waals surface area contributed by atoms with Crippen LogP contribution < -0.4 is 0 Å². The monoisotopic (exact) mass is 295 g/mol. The summed E-state index contributed by atoms with van der Waals surface area (Å²) in [6, 6.07) is 18.9. The van der Waals surface area contributed by atoms with Crippen molar-refractivity contribution >= 4 is 0 Å². The summed E-state index contributed by atoms with van der Waals surface area (Å²) in [5, 5.41) is 0. The molecule has 0 fully saturated rings. The normalized spacial score (nSPS) is 8.06. The summed E-state index contributed by atoms with van der Waals surface area (Å²) >= 11 is 0. The van der Waals surface area contributed by atoms with Crippen molar-refractivity contribution in [1.82, 2.24) is 0 Å². The smallest absolute Gasteiger partial charge is 0.0248 e. The molecule has 0 nitrogen and oxygen atoms in total.